The highest BCUT2D eigenvalue weighted by Crippen LogP contribution is 2.19. The molecule has 0 fully saturated rings. The third-order valence-corrected chi connectivity index (χ3v) is 4.02. The van der Waals surface area contributed by atoms with E-state index in [4.69, 9.17) is 5.73 Å². The van der Waals surface area contributed by atoms with E-state index in [0.29, 0.717) is 0 Å². The Morgan fingerprint density at radius 3 is 2.39 bits per heavy atom. The largest absolute Gasteiger partial charge is 0.394 e. The minimum atomic E-state index is -0.195. The number of benzene rings is 1. The number of hydrogen-bond acceptors (Lipinski definition) is 3. The van der Waals surface area contributed by atoms with E-state index in [2.05, 4.69) is 20.8 Å². The number of halogens is 1. The molecule has 1 aromatic rings. The Hall–Kier alpha value is -0.420. The first-order valence-corrected chi connectivity index (χ1v) is 6.99. The molecule has 3 N–H and O–H groups in total. The molecule has 0 heterocycles. The quantitative estimate of drug-likeness (QED) is 0.848. The Morgan fingerprint density at radius 2 is 1.89 bits per heavy atom. The van der Waals surface area contributed by atoms with E-state index in [0.717, 1.165) is 23.0 Å². The molecule has 0 saturated carbocycles. The molecule has 0 saturated heterocycles. The summed E-state index contributed by atoms with van der Waals surface area (Å²) < 4.78 is 1.07. The van der Waals surface area contributed by atoms with E-state index in [1.165, 1.54) is 0 Å². The molecule has 0 radical (unpaired) electrons. The molecule has 0 aliphatic carbocycles. The number of nitrogens with two attached hydrogens (primary N) is 1. The predicted molar refractivity (Wildman–Crippen MR) is 79.5 cm³/mol. The Labute approximate surface area is 118 Å². The molecule has 18 heavy (non-hydrogen) atoms. The van der Waals surface area contributed by atoms with Crippen LogP contribution in [0.25, 0.3) is 0 Å². The molecule has 0 aliphatic rings. The van der Waals surface area contributed by atoms with Crippen molar-refractivity contribution in [2.45, 2.75) is 31.8 Å². The maximum atomic E-state index is 9.30. The summed E-state index contributed by atoms with van der Waals surface area (Å²) in [6, 6.07) is 8.15. The second-order valence-electron chi connectivity index (χ2n) is 5.34. The second-order valence-corrected chi connectivity index (χ2v) is 6.25. The molecule has 0 aromatic heterocycles. The molecular formula is C14H23BrN2O. The number of aliphatic hydroxyl groups is 1. The van der Waals surface area contributed by atoms with Crippen LogP contribution in [0.4, 0.5) is 0 Å². The summed E-state index contributed by atoms with van der Waals surface area (Å²) in [5.41, 5.74) is 7.13. The Morgan fingerprint density at radius 1 is 1.33 bits per heavy atom. The lowest BCUT2D eigenvalue weighted by Gasteiger charge is -2.34. The third-order valence-electron chi connectivity index (χ3n) is 3.49. The van der Waals surface area contributed by atoms with Crippen LogP contribution in [0.1, 0.15) is 31.9 Å². The number of nitrogens with zero attached hydrogens (tertiary/aromatic N) is 1. The van der Waals surface area contributed by atoms with E-state index >= 15 is 0 Å². The Kier molecular flexibility index (Phi) is 5.79. The van der Waals surface area contributed by atoms with Crippen molar-refractivity contribution in [1.82, 2.24) is 4.90 Å². The van der Waals surface area contributed by atoms with E-state index in [1.54, 1.807) is 0 Å². The highest BCUT2D eigenvalue weighted by Gasteiger charge is 2.22. The smallest absolute Gasteiger partial charge is 0.0609 e. The van der Waals surface area contributed by atoms with Crippen molar-refractivity contribution in [3.63, 3.8) is 0 Å². The van der Waals surface area contributed by atoms with Crippen LogP contribution in [0.15, 0.2) is 28.7 Å². The van der Waals surface area contributed by atoms with Crippen LogP contribution in [0.2, 0.25) is 0 Å². The molecule has 0 amide bonds. The first-order chi connectivity index (χ1) is 8.36. The van der Waals surface area contributed by atoms with Crippen LogP contribution in [0, 0.1) is 0 Å². The van der Waals surface area contributed by atoms with Gasteiger partial charge in [0.05, 0.1) is 6.61 Å². The summed E-state index contributed by atoms with van der Waals surface area (Å²) in [6.07, 6.45) is 0.877. The van der Waals surface area contributed by atoms with Gasteiger partial charge < -0.3 is 10.8 Å². The number of likely N-dealkylation sites (N-methyl/N-ethyl adjacent to an activating group) is 1. The summed E-state index contributed by atoms with van der Waals surface area (Å²) in [6.45, 7) is 5.07. The fraction of sp³-hybridized carbons (Fsp3) is 0.571. The molecule has 0 aliphatic heterocycles. The number of aliphatic hydroxyl groups excluding tert-OH is 1. The van der Waals surface area contributed by atoms with E-state index in [1.807, 2.05) is 45.2 Å². The molecule has 0 bridgehead atoms. The predicted octanol–water partition coefficient (Wildman–Crippen LogP) is 2.54. The van der Waals surface area contributed by atoms with Gasteiger partial charge in [0.1, 0.15) is 0 Å². The van der Waals surface area contributed by atoms with Crippen LogP contribution < -0.4 is 5.73 Å². The van der Waals surface area contributed by atoms with Crippen molar-refractivity contribution in [3.05, 3.63) is 34.3 Å². The van der Waals surface area contributed by atoms with Gasteiger partial charge in [-0.25, -0.2) is 0 Å². The van der Waals surface area contributed by atoms with Gasteiger partial charge in [0.15, 0.2) is 0 Å². The maximum Gasteiger partial charge on any atom is 0.0609 e. The second kappa shape index (κ2) is 6.66. The Bertz CT molecular complexity index is 365. The lowest BCUT2D eigenvalue weighted by molar-refractivity contribution is 0.0767. The number of hydrogen-bond donors (Lipinski definition) is 2. The van der Waals surface area contributed by atoms with Gasteiger partial charge in [-0.15, -0.1) is 0 Å². The van der Waals surface area contributed by atoms with Gasteiger partial charge in [-0.1, -0.05) is 28.1 Å². The standard InChI is InChI=1S/C14H23BrN2O/c1-14(2,10-18)17(3)9-8-13(16)11-4-6-12(15)7-5-11/h4-7,13,18H,8-10,16H2,1-3H3. The summed E-state index contributed by atoms with van der Waals surface area (Å²) in [4.78, 5) is 2.14. The minimum absolute atomic E-state index is 0.0371. The molecular weight excluding hydrogens is 292 g/mol. The Balaban J connectivity index is 2.51. The van der Waals surface area contributed by atoms with Crippen molar-refractivity contribution in [2.75, 3.05) is 20.2 Å². The zero-order chi connectivity index (χ0) is 13.8. The van der Waals surface area contributed by atoms with Gasteiger partial charge in [-0.2, -0.15) is 0 Å². The fourth-order valence-electron chi connectivity index (χ4n) is 1.63. The monoisotopic (exact) mass is 314 g/mol. The summed E-state index contributed by atoms with van der Waals surface area (Å²) in [5.74, 6) is 0. The van der Waals surface area contributed by atoms with Gasteiger partial charge in [0, 0.05) is 22.6 Å². The number of rotatable bonds is 6. The zero-order valence-corrected chi connectivity index (χ0v) is 12.9. The van der Waals surface area contributed by atoms with Crippen LogP contribution >= 0.6 is 15.9 Å². The topological polar surface area (TPSA) is 49.5 Å². The highest BCUT2D eigenvalue weighted by atomic mass is 79.9. The zero-order valence-electron chi connectivity index (χ0n) is 11.4. The van der Waals surface area contributed by atoms with Crippen molar-refractivity contribution in [1.29, 1.82) is 0 Å². The summed E-state index contributed by atoms with van der Waals surface area (Å²) >= 11 is 3.42. The molecule has 1 aromatic carbocycles. The van der Waals surface area contributed by atoms with Gasteiger partial charge in [0.25, 0.3) is 0 Å². The van der Waals surface area contributed by atoms with E-state index in [-0.39, 0.29) is 18.2 Å². The van der Waals surface area contributed by atoms with E-state index < -0.39 is 0 Å². The van der Waals surface area contributed by atoms with Gasteiger partial charge in [-0.3, -0.25) is 4.90 Å². The van der Waals surface area contributed by atoms with E-state index in [9.17, 15) is 5.11 Å². The molecule has 4 heteroatoms. The highest BCUT2D eigenvalue weighted by molar-refractivity contribution is 9.10. The van der Waals surface area contributed by atoms with Crippen LogP contribution in [0.5, 0.6) is 0 Å². The molecule has 0 spiro atoms. The average molecular weight is 315 g/mol. The third kappa shape index (κ3) is 4.35. The lowest BCUT2D eigenvalue weighted by atomic mass is 10.0. The van der Waals surface area contributed by atoms with Crippen LogP contribution in [-0.2, 0) is 0 Å². The van der Waals surface area contributed by atoms with Crippen LogP contribution in [-0.4, -0.2) is 35.7 Å². The average Bonchev–Trinajstić information content (AvgIpc) is 2.36. The fourth-order valence-corrected chi connectivity index (χ4v) is 1.90. The summed E-state index contributed by atoms with van der Waals surface area (Å²) in [5, 5.41) is 9.30. The molecule has 102 valence electrons. The molecule has 1 unspecified atom stereocenters. The normalized spacial score (nSPS) is 13.9. The van der Waals surface area contributed by atoms with Crippen molar-refractivity contribution < 1.29 is 5.11 Å². The molecule has 3 nitrogen and oxygen atoms in total. The van der Waals surface area contributed by atoms with Gasteiger partial charge >= 0.3 is 0 Å². The van der Waals surface area contributed by atoms with Crippen LogP contribution in [0.3, 0.4) is 0 Å². The van der Waals surface area contributed by atoms with Gasteiger partial charge in [-0.05, 0) is 45.0 Å². The summed E-state index contributed by atoms with van der Waals surface area (Å²) in [7, 11) is 2.02. The van der Waals surface area contributed by atoms with Crippen molar-refractivity contribution >= 4 is 15.9 Å². The minimum Gasteiger partial charge on any atom is -0.394 e. The van der Waals surface area contributed by atoms with Gasteiger partial charge in [0.2, 0.25) is 0 Å². The first-order valence-electron chi connectivity index (χ1n) is 6.20. The maximum absolute atomic E-state index is 9.30. The lowest BCUT2D eigenvalue weighted by Crippen LogP contribution is -2.45. The SMILES string of the molecule is CN(CCC(N)c1ccc(Br)cc1)C(C)(C)CO. The van der Waals surface area contributed by atoms with Crippen molar-refractivity contribution in [2.24, 2.45) is 5.73 Å². The first kappa shape index (κ1) is 15.6. The molecule has 1 atom stereocenters. The molecule has 1 rings (SSSR count). The van der Waals surface area contributed by atoms with Crippen molar-refractivity contribution in [3.8, 4) is 0 Å².